The predicted molar refractivity (Wildman–Crippen MR) is 300 cm³/mol. The summed E-state index contributed by atoms with van der Waals surface area (Å²) in [5.41, 5.74) is 3.77. The van der Waals surface area contributed by atoms with Gasteiger partial charge < -0.3 is 28.7 Å². The van der Waals surface area contributed by atoms with Crippen molar-refractivity contribution in [3.63, 3.8) is 0 Å². The second-order valence-electron chi connectivity index (χ2n) is 23.1. The van der Waals surface area contributed by atoms with E-state index in [2.05, 4.69) is 116 Å². The molecule has 0 atom stereocenters. The number of aromatic nitrogens is 6. The molecule has 0 aromatic carbocycles. The van der Waals surface area contributed by atoms with Gasteiger partial charge in [0.15, 0.2) is 11.3 Å². The lowest BCUT2D eigenvalue weighted by Gasteiger charge is -2.28. The molecule has 0 unspecified atom stereocenters. The van der Waals surface area contributed by atoms with Crippen molar-refractivity contribution in [2.75, 3.05) is 86.2 Å². The van der Waals surface area contributed by atoms with Gasteiger partial charge in [-0.05, 0) is 61.4 Å². The zero-order chi connectivity index (χ0) is 48.2. The molecule has 68 heavy (non-hydrogen) atoms. The highest BCUT2D eigenvalue weighted by Crippen LogP contribution is 2.33. The zero-order valence-corrected chi connectivity index (χ0v) is 48.2. The smallest absolute Gasteiger partial charge is 0.157 e. The monoisotopic (exact) mass is 1050 g/mol. The fraction of sp³-hybridized carbons (Fsp3) is 0.750. The van der Waals surface area contributed by atoms with Crippen LogP contribution >= 0.6 is 11.8 Å². The number of fused-ring (bicyclic) bond motifs is 2. The van der Waals surface area contributed by atoms with E-state index in [9.17, 15) is 8.42 Å². The van der Waals surface area contributed by atoms with Crippen molar-refractivity contribution < 1.29 is 27.4 Å². The van der Waals surface area contributed by atoms with Crippen LogP contribution in [0.1, 0.15) is 63.8 Å². The Hall–Kier alpha value is -2.15. The molecular weight excluding hydrogens is 961 g/mol. The zero-order valence-electron chi connectivity index (χ0n) is 42.6. The molecule has 0 bridgehead atoms. The topological polar surface area (TPSA) is 138 Å². The molecule has 20 heteroatoms. The summed E-state index contributed by atoms with van der Waals surface area (Å²) in [5, 5.41) is 9.07. The second kappa shape index (κ2) is 27.1. The number of anilines is 2. The van der Waals surface area contributed by atoms with Crippen LogP contribution in [0.15, 0.2) is 36.7 Å². The first-order chi connectivity index (χ1) is 31.0. The standard InChI is InChI=1S/C23H42N4O4SSi2.C23H42N4O2SSi2.2CH4/c1-33(2,3)15-11-30-18-26(19-31-12-16-34(4,5)6)23-17-21(25-22-7-10-24-27(22)23)20-8-13-32(28,29)14-9-20;1-31(2,3)15-11-28-18-26(19-29-12-16-32(4,5)6)23-17-21(20-8-13-30-14-9-20)25-22-7-10-24-27(22)23;;/h7,10,17,20H,8-9,11-16,18-19H2,1-6H3;7,10,17,20H,8-9,11-16,18-19H2,1-6H3;2*1H4. The van der Waals surface area contributed by atoms with E-state index in [0.29, 0.717) is 45.7 Å². The van der Waals surface area contributed by atoms with Crippen molar-refractivity contribution in [3.8, 4) is 0 Å². The highest BCUT2D eigenvalue weighted by atomic mass is 32.2. The van der Waals surface area contributed by atoms with Crippen LogP contribution in [0.25, 0.3) is 11.3 Å². The molecule has 0 radical (unpaired) electrons. The van der Waals surface area contributed by atoms with Gasteiger partial charge in [-0.3, -0.25) is 0 Å². The Morgan fingerprint density at radius 2 is 0.882 bits per heavy atom. The molecule has 0 amide bonds. The summed E-state index contributed by atoms with van der Waals surface area (Å²) in [5.74, 6) is 5.44. The largest absolute Gasteiger partial charge is 0.361 e. The minimum Gasteiger partial charge on any atom is -0.361 e. The first-order valence-corrected chi connectivity index (χ1v) is 42.0. The average molecular weight is 1050 g/mol. The third kappa shape index (κ3) is 20.9. The van der Waals surface area contributed by atoms with Gasteiger partial charge in [0.1, 0.15) is 48.4 Å². The van der Waals surface area contributed by atoms with E-state index >= 15 is 0 Å². The number of nitrogens with zero attached hydrogens (tertiary/aromatic N) is 8. The Labute approximate surface area is 420 Å². The highest BCUT2D eigenvalue weighted by molar-refractivity contribution is 7.99. The summed E-state index contributed by atoms with van der Waals surface area (Å²) in [6.45, 7) is 33.3. The first kappa shape index (κ1) is 60.2. The van der Waals surface area contributed by atoms with Crippen LogP contribution in [-0.4, -0.2) is 146 Å². The van der Waals surface area contributed by atoms with Crippen LogP contribution in [-0.2, 0) is 28.8 Å². The van der Waals surface area contributed by atoms with Crippen molar-refractivity contribution in [2.24, 2.45) is 0 Å². The number of sulfone groups is 1. The number of ether oxygens (including phenoxy) is 4. The number of thioether (sulfide) groups is 1. The Morgan fingerprint density at radius 3 is 1.21 bits per heavy atom. The molecule has 0 N–H and O–H groups in total. The Morgan fingerprint density at radius 1 is 0.559 bits per heavy atom. The van der Waals surface area contributed by atoms with Crippen LogP contribution in [0, 0.1) is 0 Å². The summed E-state index contributed by atoms with van der Waals surface area (Å²) in [6, 6.07) is 12.7. The van der Waals surface area contributed by atoms with Gasteiger partial charge in [0.05, 0.1) is 23.9 Å². The fourth-order valence-corrected chi connectivity index (χ4v) is 13.1. The van der Waals surface area contributed by atoms with Crippen molar-refractivity contribution in [2.45, 2.75) is 155 Å². The summed E-state index contributed by atoms with van der Waals surface area (Å²) in [7, 11) is -7.54. The maximum Gasteiger partial charge on any atom is 0.157 e. The van der Waals surface area contributed by atoms with Crippen LogP contribution in [0.5, 0.6) is 0 Å². The Bertz CT molecular complexity index is 2140. The maximum atomic E-state index is 11.9. The lowest BCUT2D eigenvalue weighted by atomic mass is 9.98. The molecule has 388 valence electrons. The Kier molecular flexibility index (Phi) is 23.9. The summed E-state index contributed by atoms with van der Waals surface area (Å²) in [4.78, 5) is 14.0. The number of rotatable bonds is 24. The molecule has 2 aliphatic rings. The van der Waals surface area contributed by atoms with Gasteiger partial charge in [0.2, 0.25) is 0 Å². The van der Waals surface area contributed by atoms with Gasteiger partial charge in [-0.1, -0.05) is 93.4 Å². The molecular formula is C48H92N8O6S2Si4. The van der Waals surface area contributed by atoms with E-state index in [-0.39, 0.29) is 32.3 Å². The third-order valence-corrected chi connectivity index (χ3v) is 21.5. The molecule has 6 heterocycles. The molecule has 2 saturated heterocycles. The molecule has 14 nitrogen and oxygen atoms in total. The van der Waals surface area contributed by atoms with E-state index < -0.39 is 42.1 Å². The maximum absolute atomic E-state index is 11.9. The molecule has 6 rings (SSSR count). The molecule has 0 spiro atoms. The van der Waals surface area contributed by atoms with Crippen LogP contribution in [0.4, 0.5) is 11.6 Å². The van der Waals surface area contributed by atoms with E-state index in [4.69, 9.17) is 28.9 Å². The summed E-state index contributed by atoms with van der Waals surface area (Å²) in [6.07, 6.45) is 7.19. The van der Waals surface area contributed by atoms with Crippen molar-refractivity contribution >= 4 is 76.8 Å². The van der Waals surface area contributed by atoms with Gasteiger partial charge in [0, 0.05) is 106 Å². The predicted octanol–water partition coefficient (Wildman–Crippen LogP) is 11.5. The SMILES string of the molecule is C.C.C[Si](C)(C)CCOCN(COCC[Si](C)(C)C)c1cc(C2CCS(=O)(=O)CC2)nc2ccnn12.C[Si](C)(C)CCOCN(COCC[Si](C)(C)C)c1cc(C2CCSCC2)nc2ccnn12. The second-order valence-corrected chi connectivity index (χ2v) is 49.1. The fourth-order valence-electron chi connectivity index (χ4n) is 7.43. The van der Waals surface area contributed by atoms with Crippen LogP contribution in [0.2, 0.25) is 103 Å². The normalized spacial score (nSPS) is 16.2. The molecule has 4 aromatic heterocycles. The molecule has 2 aliphatic heterocycles. The van der Waals surface area contributed by atoms with E-state index in [0.717, 1.165) is 79.2 Å². The van der Waals surface area contributed by atoms with Crippen LogP contribution < -0.4 is 9.80 Å². The van der Waals surface area contributed by atoms with Gasteiger partial charge in [-0.25, -0.2) is 18.4 Å². The summed E-state index contributed by atoms with van der Waals surface area (Å²) >= 11 is 2.05. The lowest BCUT2D eigenvalue weighted by molar-refractivity contribution is 0.0940. The average Bonchev–Trinajstić information content (AvgIpc) is 3.91. The molecule has 2 fully saturated rings. The first-order valence-electron chi connectivity index (χ1n) is 24.2. The van der Waals surface area contributed by atoms with E-state index in [1.165, 1.54) is 30.0 Å². The third-order valence-electron chi connectivity index (χ3n) is 12.0. The van der Waals surface area contributed by atoms with Crippen molar-refractivity contribution in [3.05, 3.63) is 48.0 Å². The van der Waals surface area contributed by atoms with Gasteiger partial charge in [-0.2, -0.15) is 31.0 Å². The van der Waals surface area contributed by atoms with Crippen molar-refractivity contribution in [1.29, 1.82) is 0 Å². The van der Waals surface area contributed by atoms with E-state index in [1.54, 1.807) is 6.20 Å². The molecule has 0 saturated carbocycles. The quantitative estimate of drug-likeness (QED) is 0.0374. The number of hydrogen-bond donors (Lipinski definition) is 0. The minimum absolute atomic E-state index is 0. The van der Waals surface area contributed by atoms with Gasteiger partial charge >= 0.3 is 0 Å². The highest BCUT2D eigenvalue weighted by Gasteiger charge is 2.28. The molecule has 0 aliphatic carbocycles. The molecule has 4 aromatic rings. The Balaban J connectivity index is 0.000000351. The van der Waals surface area contributed by atoms with Crippen LogP contribution in [0.3, 0.4) is 0 Å². The minimum atomic E-state index is -2.93. The van der Waals surface area contributed by atoms with Crippen molar-refractivity contribution in [1.82, 2.24) is 29.2 Å². The lowest BCUT2D eigenvalue weighted by Crippen LogP contribution is -2.33. The van der Waals surface area contributed by atoms with E-state index in [1.807, 2.05) is 33.4 Å². The van der Waals surface area contributed by atoms with Gasteiger partial charge in [-0.15, -0.1) is 0 Å². The van der Waals surface area contributed by atoms with Gasteiger partial charge in [0.25, 0.3) is 0 Å². The number of hydrogen-bond acceptors (Lipinski definition) is 13. The summed E-state index contributed by atoms with van der Waals surface area (Å²) < 4.78 is 52.2.